The third-order valence-corrected chi connectivity index (χ3v) is 3.24. The molecular weight excluding hydrogens is 236 g/mol. The van der Waals surface area contributed by atoms with Gasteiger partial charge in [0, 0.05) is 33.1 Å². The Morgan fingerprint density at radius 2 is 2.00 bits per heavy atom. The third-order valence-electron chi connectivity index (χ3n) is 3.01. The van der Waals surface area contributed by atoms with E-state index in [2.05, 4.69) is 9.97 Å². The number of H-pyrrole nitrogens is 2. The summed E-state index contributed by atoms with van der Waals surface area (Å²) in [6.45, 7) is 2.02. The number of rotatable bonds is 1. The van der Waals surface area contributed by atoms with E-state index in [9.17, 15) is 4.79 Å². The highest BCUT2D eigenvalue weighted by Gasteiger charge is 2.09. The van der Waals surface area contributed by atoms with Crippen LogP contribution in [0.3, 0.4) is 0 Å². The fourth-order valence-corrected chi connectivity index (χ4v) is 2.39. The first kappa shape index (κ1) is 10.4. The van der Waals surface area contributed by atoms with Gasteiger partial charge >= 0.3 is 0 Å². The molecule has 3 aromatic rings. The van der Waals surface area contributed by atoms with Crippen LogP contribution in [0, 0.1) is 0 Å². The van der Waals surface area contributed by atoms with Gasteiger partial charge in [0.2, 0.25) is 5.56 Å². The van der Waals surface area contributed by atoms with Gasteiger partial charge in [-0.3, -0.25) is 4.79 Å². The maximum Gasteiger partial charge on any atom is 0.248 e. The second-order valence-electron chi connectivity index (χ2n) is 4.07. The first-order valence-corrected chi connectivity index (χ1v) is 5.90. The van der Waals surface area contributed by atoms with Crippen molar-refractivity contribution in [2.45, 2.75) is 13.3 Å². The number of fused-ring (bicyclic) bond motifs is 3. The van der Waals surface area contributed by atoms with Gasteiger partial charge in [0.05, 0.1) is 5.52 Å². The fraction of sp³-hybridized carbons (Fsp3) is 0.154. The van der Waals surface area contributed by atoms with Crippen LogP contribution in [0.4, 0.5) is 0 Å². The molecule has 0 saturated heterocycles. The van der Waals surface area contributed by atoms with Gasteiger partial charge in [0.15, 0.2) is 0 Å². The predicted octanol–water partition coefficient (Wildman–Crippen LogP) is 3.23. The highest BCUT2D eigenvalue weighted by molar-refractivity contribution is 6.31. The molecule has 0 fully saturated rings. The SMILES string of the molecule is CCc1[nH]c(=O)cc2c1[nH]c1ccc(Cl)cc12. The summed E-state index contributed by atoms with van der Waals surface area (Å²) in [6.07, 6.45) is 0.785. The molecule has 3 rings (SSSR count). The summed E-state index contributed by atoms with van der Waals surface area (Å²) >= 11 is 5.99. The smallest absolute Gasteiger partial charge is 0.248 e. The molecule has 0 unspecified atom stereocenters. The van der Waals surface area contributed by atoms with Crippen LogP contribution in [0.2, 0.25) is 5.02 Å². The molecule has 2 heterocycles. The number of aryl methyl sites for hydroxylation is 1. The highest BCUT2D eigenvalue weighted by atomic mass is 35.5. The Bertz CT molecular complexity index is 770. The quantitative estimate of drug-likeness (QED) is 0.681. The lowest BCUT2D eigenvalue weighted by Gasteiger charge is -1.98. The van der Waals surface area contributed by atoms with Crippen molar-refractivity contribution in [3.8, 4) is 0 Å². The minimum atomic E-state index is -0.0739. The lowest BCUT2D eigenvalue weighted by molar-refractivity contribution is 1.03. The van der Waals surface area contributed by atoms with Crippen LogP contribution in [-0.2, 0) is 6.42 Å². The summed E-state index contributed by atoms with van der Waals surface area (Å²) < 4.78 is 0. The molecule has 17 heavy (non-hydrogen) atoms. The Morgan fingerprint density at radius 3 is 2.76 bits per heavy atom. The second kappa shape index (κ2) is 3.64. The van der Waals surface area contributed by atoms with Crippen LogP contribution in [0.1, 0.15) is 12.6 Å². The summed E-state index contributed by atoms with van der Waals surface area (Å²) in [4.78, 5) is 17.8. The van der Waals surface area contributed by atoms with Crippen LogP contribution in [0.15, 0.2) is 29.1 Å². The molecule has 3 nitrogen and oxygen atoms in total. The van der Waals surface area contributed by atoms with Crippen molar-refractivity contribution >= 4 is 33.4 Å². The first-order valence-electron chi connectivity index (χ1n) is 5.52. The van der Waals surface area contributed by atoms with Crippen molar-refractivity contribution in [3.63, 3.8) is 0 Å². The Balaban J connectivity index is 2.56. The monoisotopic (exact) mass is 246 g/mol. The van der Waals surface area contributed by atoms with E-state index >= 15 is 0 Å². The molecule has 2 aromatic heterocycles. The molecule has 0 saturated carbocycles. The number of hydrogen-bond acceptors (Lipinski definition) is 1. The lowest BCUT2D eigenvalue weighted by Crippen LogP contribution is -2.06. The minimum Gasteiger partial charge on any atom is -0.353 e. The molecule has 4 heteroatoms. The van der Waals surface area contributed by atoms with Gasteiger partial charge in [-0.2, -0.15) is 0 Å². The summed E-state index contributed by atoms with van der Waals surface area (Å²) in [6, 6.07) is 7.27. The average Bonchev–Trinajstić information content (AvgIpc) is 2.66. The van der Waals surface area contributed by atoms with Crippen LogP contribution in [-0.4, -0.2) is 9.97 Å². The maximum absolute atomic E-state index is 11.6. The highest BCUT2D eigenvalue weighted by Crippen LogP contribution is 2.28. The van der Waals surface area contributed by atoms with Crippen LogP contribution in [0.25, 0.3) is 21.8 Å². The minimum absolute atomic E-state index is 0.0739. The zero-order valence-electron chi connectivity index (χ0n) is 9.30. The zero-order valence-corrected chi connectivity index (χ0v) is 10.1. The van der Waals surface area contributed by atoms with Crippen molar-refractivity contribution in [2.75, 3.05) is 0 Å². The zero-order chi connectivity index (χ0) is 12.0. The van der Waals surface area contributed by atoms with Gasteiger partial charge in [0.1, 0.15) is 0 Å². The number of halogens is 1. The number of benzene rings is 1. The standard InChI is InChI=1S/C13H11ClN2O/c1-2-10-13-9(6-12(17)15-10)8-5-7(14)3-4-11(8)16-13/h3-6,16H,2H2,1H3,(H,15,17). The molecule has 1 aromatic carbocycles. The molecule has 0 radical (unpaired) electrons. The van der Waals surface area contributed by atoms with E-state index < -0.39 is 0 Å². The normalized spacial score (nSPS) is 11.4. The number of hydrogen-bond donors (Lipinski definition) is 2. The van der Waals surface area contributed by atoms with E-state index in [0.717, 1.165) is 33.9 Å². The second-order valence-corrected chi connectivity index (χ2v) is 4.51. The predicted molar refractivity (Wildman–Crippen MR) is 70.8 cm³/mol. The Labute approximate surface area is 102 Å². The van der Waals surface area contributed by atoms with Crippen LogP contribution < -0.4 is 5.56 Å². The molecule has 0 amide bonds. The van der Waals surface area contributed by atoms with E-state index in [-0.39, 0.29) is 5.56 Å². The van der Waals surface area contributed by atoms with E-state index in [1.165, 1.54) is 0 Å². The fourth-order valence-electron chi connectivity index (χ4n) is 2.22. The Kier molecular flexibility index (Phi) is 2.23. The number of pyridine rings is 1. The topological polar surface area (TPSA) is 48.6 Å². The molecule has 2 N–H and O–H groups in total. The van der Waals surface area contributed by atoms with Crippen molar-refractivity contribution in [3.05, 3.63) is 45.3 Å². The summed E-state index contributed by atoms with van der Waals surface area (Å²) in [7, 11) is 0. The molecule has 0 atom stereocenters. The van der Waals surface area contributed by atoms with Gasteiger partial charge in [-0.15, -0.1) is 0 Å². The number of aromatic amines is 2. The van der Waals surface area contributed by atoms with Gasteiger partial charge < -0.3 is 9.97 Å². The number of nitrogens with one attached hydrogen (secondary N) is 2. The Morgan fingerprint density at radius 1 is 1.18 bits per heavy atom. The molecule has 0 bridgehead atoms. The molecular formula is C13H11ClN2O. The summed E-state index contributed by atoms with van der Waals surface area (Å²) in [5.74, 6) is 0. The lowest BCUT2D eigenvalue weighted by atomic mass is 10.1. The average molecular weight is 247 g/mol. The van der Waals surface area contributed by atoms with Crippen molar-refractivity contribution < 1.29 is 0 Å². The van der Waals surface area contributed by atoms with Crippen LogP contribution >= 0.6 is 11.6 Å². The number of aromatic nitrogens is 2. The molecule has 0 aliphatic carbocycles. The third kappa shape index (κ3) is 1.54. The molecule has 86 valence electrons. The van der Waals surface area contributed by atoms with E-state index in [1.54, 1.807) is 6.07 Å². The molecule has 0 aliphatic rings. The van der Waals surface area contributed by atoms with E-state index in [4.69, 9.17) is 11.6 Å². The van der Waals surface area contributed by atoms with E-state index in [1.807, 2.05) is 25.1 Å². The van der Waals surface area contributed by atoms with E-state index in [0.29, 0.717) is 5.02 Å². The van der Waals surface area contributed by atoms with Crippen molar-refractivity contribution in [2.24, 2.45) is 0 Å². The largest absolute Gasteiger partial charge is 0.353 e. The molecule has 0 spiro atoms. The van der Waals surface area contributed by atoms with Crippen molar-refractivity contribution in [1.82, 2.24) is 9.97 Å². The molecule has 0 aliphatic heterocycles. The summed E-state index contributed by atoms with van der Waals surface area (Å²) in [5.41, 5.74) is 2.84. The maximum atomic E-state index is 11.6. The van der Waals surface area contributed by atoms with Gasteiger partial charge in [-0.1, -0.05) is 18.5 Å². The first-order chi connectivity index (χ1) is 8.19. The van der Waals surface area contributed by atoms with Crippen LogP contribution in [0.5, 0.6) is 0 Å². The van der Waals surface area contributed by atoms with Gasteiger partial charge in [-0.25, -0.2) is 0 Å². The van der Waals surface area contributed by atoms with Crippen molar-refractivity contribution in [1.29, 1.82) is 0 Å². The van der Waals surface area contributed by atoms with Gasteiger partial charge in [-0.05, 0) is 24.6 Å². The Hall–Kier alpha value is -1.74. The van der Waals surface area contributed by atoms with Gasteiger partial charge in [0.25, 0.3) is 0 Å². The summed E-state index contributed by atoms with van der Waals surface area (Å²) in [5, 5.41) is 2.60.